The van der Waals surface area contributed by atoms with Gasteiger partial charge in [-0.25, -0.2) is 0 Å². The number of terminal acetylenes is 1. The van der Waals surface area contributed by atoms with Gasteiger partial charge >= 0.3 is 5.97 Å². The predicted molar refractivity (Wildman–Crippen MR) is 56.0 cm³/mol. The summed E-state index contributed by atoms with van der Waals surface area (Å²) in [6, 6.07) is 0. The summed E-state index contributed by atoms with van der Waals surface area (Å²) in [4.78, 5) is 21.9. The Bertz CT molecular complexity index is 246. The first kappa shape index (κ1) is 13.5. The van der Waals surface area contributed by atoms with E-state index in [0.29, 0.717) is 13.2 Å². The van der Waals surface area contributed by atoms with Crippen molar-refractivity contribution in [2.24, 2.45) is 0 Å². The summed E-state index contributed by atoms with van der Waals surface area (Å²) in [5.41, 5.74) is 0. The average molecular weight is 212 g/mol. The minimum absolute atomic E-state index is 0.160. The zero-order valence-electron chi connectivity index (χ0n) is 8.84. The van der Waals surface area contributed by atoms with Crippen LogP contribution in [0.1, 0.15) is 13.3 Å². The number of carbonyl (C=O) groups excluding carboxylic acids is 2. The zero-order valence-corrected chi connectivity index (χ0v) is 8.84. The van der Waals surface area contributed by atoms with Gasteiger partial charge in [0.1, 0.15) is 0 Å². The minimum atomic E-state index is -0.311. The molecule has 0 aliphatic heterocycles. The summed E-state index contributed by atoms with van der Waals surface area (Å²) < 4.78 is 4.69. The molecule has 0 aromatic heterocycles. The fourth-order valence-corrected chi connectivity index (χ4v) is 0.848. The van der Waals surface area contributed by atoms with Gasteiger partial charge in [0.15, 0.2) is 0 Å². The molecule has 0 atom stereocenters. The molecule has 0 saturated heterocycles. The molecule has 0 saturated carbocycles. The third kappa shape index (κ3) is 8.78. The third-order valence-corrected chi connectivity index (χ3v) is 1.47. The van der Waals surface area contributed by atoms with E-state index in [0.717, 1.165) is 0 Å². The maximum atomic E-state index is 11.1. The minimum Gasteiger partial charge on any atom is -0.466 e. The number of esters is 1. The second-order valence-corrected chi connectivity index (χ2v) is 2.71. The van der Waals surface area contributed by atoms with E-state index in [9.17, 15) is 9.59 Å². The van der Waals surface area contributed by atoms with Gasteiger partial charge in [-0.2, -0.15) is 0 Å². The van der Waals surface area contributed by atoms with Crippen molar-refractivity contribution >= 4 is 11.9 Å². The molecule has 0 radical (unpaired) electrons. The molecule has 0 aliphatic rings. The Hall–Kier alpha value is -1.54. The van der Waals surface area contributed by atoms with Crippen LogP contribution < -0.4 is 10.6 Å². The molecule has 1 amide bonds. The molecule has 0 aromatic rings. The van der Waals surface area contributed by atoms with E-state index in [4.69, 9.17) is 6.42 Å². The molecule has 0 spiro atoms. The smallest absolute Gasteiger partial charge is 0.307 e. The van der Waals surface area contributed by atoms with Crippen LogP contribution in [0, 0.1) is 12.3 Å². The van der Waals surface area contributed by atoms with Gasteiger partial charge in [-0.3, -0.25) is 14.9 Å². The molecule has 5 nitrogen and oxygen atoms in total. The summed E-state index contributed by atoms with van der Waals surface area (Å²) in [6.07, 6.45) is 5.17. The molecule has 0 rings (SSSR count). The fourth-order valence-electron chi connectivity index (χ4n) is 0.848. The highest BCUT2D eigenvalue weighted by atomic mass is 16.5. The van der Waals surface area contributed by atoms with Crippen molar-refractivity contribution in [3.63, 3.8) is 0 Å². The summed E-state index contributed by atoms with van der Waals surface area (Å²) in [5, 5.41) is 5.29. The van der Waals surface area contributed by atoms with E-state index in [1.54, 1.807) is 6.92 Å². The molecule has 0 fully saturated rings. The Balaban J connectivity index is 3.39. The highest BCUT2D eigenvalue weighted by molar-refractivity contribution is 5.78. The maximum absolute atomic E-state index is 11.1. The SMILES string of the molecule is C#CCNCC(=O)NCCC(=O)OCC. The number of ether oxygens (including phenoxy) is 1. The van der Waals surface area contributed by atoms with Gasteiger partial charge in [0.2, 0.25) is 5.91 Å². The second kappa shape index (κ2) is 9.03. The van der Waals surface area contributed by atoms with Gasteiger partial charge < -0.3 is 10.1 Å². The van der Waals surface area contributed by atoms with Gasteiger partial charge in [0.05, 0.1) is 26.1 Å². The lowest BCUT2D eigenvalue weighted by Gasteiger charge is -2.04. The van der Waals surface area contributed by atoms with E-state index in [2.05, 4.69) is 21.3 Å². The summed E-state index contributed by atoms with van der Waals surface area (Å²) in [5.74, 6) is 1.85. The molecule has 0 aromatic carbocycles. The molecule has 5 heteroatoms. The first-order valence-corrected chi connectivity index (χ1v) is 4.77. The average Bonchev–Trinajstić information content (AvgIpc) is 2.18. The van der Waals surface area contributed by atoms with Gasteiger partial charge in [-0.05, 0) is 6.92 Å². The lowest BCUT2D eigenvalue weighted by Crippen LogP contribution is -2.35. The number of nitrogens with one attached hydrogen (secondary N) is 2. The second-order valence-electron chi connectivity index (χ2n) is 2.71. The van der Waals surface area contributed by atoms with Crippen molar-refractivity contribution in [1.29, 1.82) is 0 Å². The number of rotatable bonds is 7. The van der Waals surface area contributed by atoms with Crippen molar-refractivity contribution < 1.29 is 14.3 Å². The predicted octanol–water partition coefficient (Wildman–Crippen LogP) is -0.721. The van der Waals surface area contributed by atoms with Gasteiger partial charge in [0.25, 0.3) is 0 Å². The zero-order chi connectivity index (χ0) is 11.5. The Morgan fingerprint density at radius 3 is 2.80 bits per heavy atom. The molecule has 0 heterocycles. The topological polar surface area (TPSA) is 67.4 Å². The third-order valence-electron chi connectivity index (χ3n) is 1.47. The Labute approximate surface area is 89.6 Å². The van der Waals surface area contributed by atoms with Crippen LogP contribution in [0.15, 0.2) is 0 Å². The molecular weight excluding hydrogens is 196 g/mol. The molecular formula is C10H16N2O3. The molecule has 0 aliphatic carbocycles. The van der Waals surface area contributed by atoms with Gasteiger partial charge in [-0.1, -0.05) is 5.92 Å². The highest BCUT2D eigenvalue weighted by Gasteiger charge is 2.03. The molecule has 84 valence electrons. The monoisotopic (exact) mass is 212 g/mol. The van der Waals surface area contributed by atoms with E-state index in [1.165, 1.54) is 0 Å². The van der Waals surface area contributed by atoms with Crippen LogP contribution in [0.25, 0.3) is 0 Å². The summed E-state index contributed by atoms with van der Waals surface area (Å²) >= 11 is 0. The van der Waals surface area contributed by atoms with E-state index in [1.807, 2.05) is 0 Å². The first-order chi connectivity index (χ1) is 7.20. The molecule has 0 unspecified atom stereocenters. The lowest BCUT2D eigenvalue weighted by molar-refractivity contribution is -0.143. The summed E-state index contributed by atoms with van der Waals surface area (Å²) in [7, 11) is 0. The van der Waals surface area contributed by atoms with E-state index < -0.39 is 0 Å². The van der Waals surface area contributed by atoms with Crippen molar-refractivity contribution in [3.8, 4) is 12.3 Å². The van der Waals surface area contributed by atoms with Crippen LogP contribution in [0.4, 0.5) is 0 Å². The Morgan fingerprint density at radius 2 is 2.20 bits per heavy atom. The van der Waals surface area contributed by atoms with Crippen LogP contribution in [0.3, 0.4) is 0 Å². The van der Waals surface area contributed by atoms with Crippen LogP contribution in [-0.2, 0) is 14.3 Å². The van der Waals surface area contributed by atoms with Crippen molar-refractivity contribution in [3.05, 3.63) is 0 Å². The number of hydrogen-bond donors (Lipinski definition) is 2. The number of carbonyl (C=O) groups is 2. The largest absolute Gasteiger partial charge is 0.466 e. The highest BCUT2D eigenvalue weighted by Crippen LogP contribution is 1.83. The quantitative estimate of drug-likeness (QED) is 0.332. The normalized spacial score (nSPS) is 9.07. The van der Waals surface area contributed by atoms with Crippen LogP contribution in [0.5, 0.6) is 0 Å². The first-order valence-electron chi connectivity index (χ1n) is 4.77. The standard InChI is InChI=1S/C10H16N2O3/c1-3-6-11-8-9(13)12-7-5-10(14)15-4-2/h1,11H,4-8H2,2H3,(H,12,13). The van der Waals surface area contributed by atoms with Crippen LogP contribution >= 0.6 is 0 Å². The van der Waals surface area contributed by atoms with Gasteiger partial charge in [0, 0.05) is 6.54 Å². The van der Waals surface area contributed by atoms with Crippen molar-refractivity contribution in [1.82, 2.24) is 10.6 Å². The van der Waals surface area contributed by atoms with E-state index in [-0.39, 0.29) is 31.4 Å². The van der Waals surface area contributed by atoms with Crippen LogP contribution in [0.2, 0.25) is 0 Å². The molecule has 2 N–H and O–H groups in total. The number of hydrogen-bond acceptors (Lipinski definition) is 4. The lowest BCUT2D eigenvalue weighted by atomic mass is 10.4. The Morgan fingerprint density at radius 1 is 1.47 bits per heavy atom. The van der Waals surface area contributed by atoms with Gasteiger partial charge in [-0.15, -0.1) is 6.42 Å². The Kier molecular flexibility index (Phi) is 8.10. The van der Waals surface area contributed by atoms with Crippen LogP contribution in [-0.4, -0.2) is 38.1 Å². The molecule has 15 heavy (non-hydrogen) atoms. The summed E-state index contributed by atoms with van der Waals surface area (Å²) in [6.45, 7) is 2.89. The van der Waals surface area contributed by atoms with E-state index >= 15 is 0 Å². The molecule has 0 bridgehead atoms. The van der Waals surface area contributed by atoms with Crippen molar-refractivity contribution in [2.45, 2.75) is 13.3 Å². The van der Waals surface area contributed by atoms with Crippen molar-refractivity contribution in [2.75, 3.05) is 26.2 Å². The number of amides is 1. The fraction of sp³-hybridized carbons (Fsp3) is 0.600. The maximum Gasteiger partial charge on any atom is 0.307 e.